The van der Waals surface area contributed by atoms with Gasteiger partial charge in [-0.3, -0.25) is 4.79 Å². The summed E-state index contributed by atoms with van der Waals surface area (Å²) in [5.74, 6) is -0.380. The Bertz CT molecular complexity index is 561. The Hall–Kier alpha value is -1.96. The van der Waals surface area contributed by atoms with Crippen molar-refractivity contribution < 1.29 is 9.18 Å². The van der Waals surface area contributed by atoms with Crippen molar-refractivity contribution in [1.29, 1.82) is 0 Å². The average molecular weight is 242 g/mol. The number of halogens is 1. The Labute approximate surface area is 106 Å². The minimum Gasteiger partial charge on any atom is -0.294 e. The number of hydrogen-bond donors (Lipinski definition) is 0. The Balaban J connectivity index is 2.03. The maximum Gasteiger partial charge on any atom is 0.163 e. The fraction of sp³-hybridized carbons (Fsp3) is 0.188. The van der Waals surface area contributed by atoms with Crippen molar-refractivity contribution in [2.24, 2.45) is 0 Å². The number of ketones is 1. The Morgan fingerprint density at radius 3 is 2.61 bits per heavy atom. The third-order valence-corrected chi connectivity index (χ3v) is 3.03. The van der Waals surface area contributed by atoms with Crippen LogP contribution in [0.2, 0.25) is 0 Å². The largest absolute Gasteiger partial charge is 0.294 e. The second-order valence-electron chi connectivity index (χ2n) is 4.36. The molecule has 2 rings (SSSR count). The first-order valence-corrected chi connectivity index (χ1v) is 6.00. The molecule has 92 valence electrons. The van der Waals surface area contributed by atoms with Crippen molar-refractivity contribution in [1.82, 2.24) is 0 Å². The number of benzene rings is 2. The van der Waals surface area contributed by atoms with E-state index < -0.39 is 0 Å². The molecule has 0 heterocycles. The third kappa shape index (κ3) is 3.04. The quantitative estimate of drug-likeness (QED) is 0.742. The molecule has 0 aliphatic heterocycles. The van der Waals surface area contributed by atoms with Gasteiger partial charge in [0.05, 0.1) is 0 Å². The van der Waals surface area contributed by atoms with Crippen LogP contribution in [-0.4, -0.2) is 5.78 Å². The van der Waals surface area contributed by atoms with Crippen LogP contribution in [0.25, 0.3) is 0 Å². The van der Waals surface area contributed by atoms with Gasteiger partial charge < -0.3 is 0 Å². The molecule has 0 radical (unpaired) electrons. The van der Waals surface area contributed by atoms with Crippen LogP contribution in [0, 0.1) is 12.7 Å². The van der Waals surface area contributed by atoms with Gasteiger partial charge in [0.15, 0.2) is 5.78 Å². The van der Waals surface area contributed by atoms with Crippen LogP contribution in [0.3, 0.4) is 0 Å². The molecule has 0 bridgehead atoms. The molecule has 18 heavy (non-hydrogen) atoms. The van der Waals surface area contributed by atoms with Gasteiger partial charge in [-0.05, 0) is 36.6 Å². The summed E-state index contributed by atoms with van der Waals surface area (Å²) in [4.78, 5) is 11.9. The SMILES string of the molecule is Cc1ccccc1CCC(=O)c1cccc(F)c1. The van der Waals surface area contributed by atoms with Crippen molar-refractivity contribution in [3.05, 3.63) is 71.0 Å². The number of hydrogen-bond acceptors (Lipinski definition) is 1. The van der Waals surface area contributed by atoms with Crippen molar-refractivity contribution in [3.63, 3.8) is 0 Å². The zero-order valence-corrected chi connectivity index (χ0v) is 10.3. The molecule has 0 amide bonds. The standard InChI is InChI=1S/C16H15FO/c1-12-5-2-3-6-13(12)9-10-16(18)14-7-4-8-15(17)11-14/h2-8,11H,9-10H2,1H3. The maximum atomic E-state index is 13.0. The molecule has 0 saturated heterocycles. The summed E-state index contributed by atoms with van der Waals surface area (Å²) in [5.41, 5.74) is 2.80. The molecular weight excluding hydrogens is 227 g/mol. The van der Waals surface area contributed by atoms with Crippen LogP contribution in [0.5, 0.6) is 0 Å². The van der Waals surface area contributed by atoms with Crippen LogP contribution >= 0.6 is 0 Å². The van der Waals surface area contributed by atoms with Gasteiger partial charge in [0, 0.05) is 12.0 Å². The first kappa shape index (κ1) is 12.5. The molecule has 0 fully saturated rings. The van der Waals surface area contributed by atoms with E-state index in [2.05, 4.69) is 0 Å². The first-order valence-electron chi connectivity index (χ1n) is 6.00. The van der Waals surface area contributed by atoms with Gasteiger partial charge in [-0.25, -0.2) is 4.39 Å². The monoisotopic (exact) mass is 242 g/mol. The van der Waals surface area contributed by atoms with Crippen molar-refractivity contribution in [3.8, 4) is 0 Å². The Kier molecular flexibility index (Phi) is 3.88. The molecule has 1 nitrogen and oxygen atoms in total. The molecule has 0 saturated carbocycles. The molecule has 0 atom stereocenters. The summed E-state index contributed by atoms with van der Waals surface area (Å²) < 4.78 is 13.0. The maximum absolute atomic E-state index is 13.0. The lowest BCUT2D eigenvalue weighted by molar-refractivity contribution is 0.0982. The fourth-order valence-electron chi connectivity index (χ4n) is 1.95. The van der Waals surface area contributed by atoms with Gasteiger partial charge in [0.1, 0.15) is 5.82 Å². The molecule has 0 spiro atoms. The molecule has 2 aromatic rings. The highest BCUT2D eigenvalue weighted by atomic mass is 19.1. The van der Waals surface area contributed by atoms with Crippen molar-refractivity contribution in [2.75, 3.05) is 0 Å². The molecule has 0 N–H and O–H groups in total. The predicted octanol–water partition coefficient (Wildman–Crippen LogP) is 3.95. The summed E-state index contributed by atoms with van der Waals surface area (Å²) in [6, 6.07) is 13.9. The van der Waals surface area contributed by atoms with Crippen LogP contribution in [0.15, 0.2) is 48.5 Å². The van der Waals surface area contributed by atoms with E-state index in [4.69, 9.17) is 0 Å². The highest BCUT2D eigenvalue weighted by molar-refractivity contribution is 5.96. The second kappa shape index (κ2) is 5.58. The second-order valence-corrected chi connectivity index (χ2v) is 4.36. The Morgan fingerprint density at radius 2 is 1.89 bits per heavy atom. The smallest absolute Gasteiger partial charge is 0.163 e. The number of rotatable bonds is 4. The number of aryl methyl sites for hydroxylation is 2. The summed E-state index contributed by atoms with van der Waals surface area (Å²) >= 11 is 0. The van der Waals surface area contributed by atoms with E-state index in [1.807, 2.05) is 31.2 Å². The van der Waals surface area contributed by atoms with Crippen molar-refractivity contribution in [2.45, 2.75) is 19.8 Å². The van der Waals surface area contributed by atoms with Crippen molar-refractivity contribution >= 4 is 5.78 Å². The van der Waals surface area contributed by atoms with E-state index in [1.165, 1.54) is 23.3 Å². The van der Waals surface area contributed by atoms with E-state index >= 15 is 0 Å². The van der Waals surface area contributed by atoms with E-state index in [-0.39, 0.29) is 11.6 Å². The summed E-state index contributed by atoms with van der Waals surface area (Å²) in [5, 5.41) is 0. The highest BCUT2D eigenvalue weighted by Crippen LogP contribution is 2.13. The van der Waals surface area contributed by atoms with E-state index in [0.29, 0.717) is 18.4 Å². The topological polar surface area (TPSA) is 17.1 Å². The molecule has 0 aromatic heterocycles. The summed E-state index contributed by atoms with van der Waals surface area (Å²) in [6.07, 6.45) is 1.11. The zero-order valence-electron chi connectivity index (χ0n) is 10.3. The summed E-state index contributed by atoms with van der Waals surface area (Å²) in [6.45, 7) is 2.03. The predicted molar refractivity (Wildman–Crippen MR) is 70.2 cm³/mol. The number of Topliss-reactive ketones (excluding diaryl/α,β-unsaturated/α-hetero) is 1. The van der Waals surface area contributed by atoms with Crippen LogP contribution in [0.1, 0.15) is 27.9 Å². The van der Waals surface area contributed by atoms with Gasteiger partial charge in [-0.1, -0.05) is 36.4 Å². The molecule has 2 heteroatoms. The van der Waals surface area contributed by atoms with E-state index in [9.17, 15) is 9.18 Å². The van der Waals surface area contributed by atoms with Gasteiger partial charge >= 0.3 is 0 Å². The summed E-state index contributed by atoms with van der Waals surface area (Å²) in [7, 11) is 0. The molecule has 0 aliphatic rings. The van der Waals surface area contributed by atoms with Crippen LogP contribution in [0.4, 0.5) is 4.39 Å². The normalized spacial score (nSPS) is 10.3. The lowest BCUT2D eigenvalue weighted by Gasteiger charge is -2.05. The van der Waals surface area contributed by atoms with Crippen LogP contribution in [-0.2, 0) is 6.42 Å². The minimum atomic E-state index is -0.364. The first-order chi connectivity index (χ1) is 8.66. The van der Waals surface area contributed by atoms with E-state index in [1.54, 1.807) is 12.1 Å². The number of carbonyl (C=O) groups is 1. The number of carbonyl (C=O) groups excluding carboxylic acids is 1. The highest BCUT2D eigenvalue weighted by Gasteiger charge is 2.07. The van der Waals surface area contributed by atoms with Gasteiger partial charge in [0.2, 0.25) is 0 Å². The van der Waals surface area contributed by atoms with Crippen LogP contribution < -0.4 is 0 Å². The molecule has 0 aliphatic carbocycles. The van der Waals surface area contributed by atoms with Gasteiger partial charge in [-0.15, -0.1) is 0 Å². The minimum absolute atomic E-state index is 0.0160. The lowest BCUT2D eigenvalue weighted by Crippen LogP contribution is -2.02. The molecule has 2 aromatic carbocycles. The average Bonchev–Trinajstić information content (AvgIpc) is 2.37. The third-order valence-electron chi connectivity index (χ3n) is 3.03. The van der Waals surface area contributed by atoms with E-state index in [0.717, 1.165) is 0 Å². The fourth-order valence-corrected chi connectivity index (χ4v) is 1.95. The van der Waals surface area contributed by atoms with Gasteiger partial charge in [-0.2, -0.15) is 0 Å². The lowest BCUT2D eigenvalue weighted by atomic mass is 10.00. The molecular formula is C16H15FO. The molecule has 0 unspecified atom stereocenters. The zero-order chi connectivity index (χ0) is 13.0. The van der Waals surface area contributed by atoms with Gasteiger partial charge in [0.25, 0.3) is 0 Å². The Morgan fingerprint density at radius 1 is 1.11 bits per heavy atom.